The molecule has 1 aliphatic heterocycles. The maximum absolute atomic E-state index is 11.5. The highest BCUT2D eigenvalue weighted by Crippen LogP contribution is 2.06. The number of hydrogen-bond acceptors (Lipinski definition) is 4. The van der Waals surface area contributed by atoms with Crippen LogP contribution in [0.3, 0.4) is 0 Å². The van der Waals surface area contributed by atoms with E-state index in [1.807, 2.05) is 30.3 Å². The zero-order chi connectivity index (χ0) is 12.8. The Kier molecular flexibility index (Phi) is 6.62. The molecule has 0 aromatic heterocycles. The number of carbonyl (C=O) groups is 1. The molecule has 0 spiro atoms. The van der Waals surface area contributed by atoms with E-state index in [1.54, 1.807) is 0 Å². The molecule has 3 N–H and O–H groups in total. The van der Waals surface area contributed by atoms with Gasteiger partial charge < -0.3 is 20.5 Å². The fourth-order valence-corrected chi connectivity index (χ4v) is 2.00. The molecule has 1 aromatic carbocycles. The van der Waals surface area contributed by atoms with Crippen LogP contribution in [-0.2, 0) is 11.3 Å². The summed E-state index contributed by atoms with van der Waals surface area (Å²) in [5.74, 6) is 0. The van der Waals surface area contributed by atoms with Gasteiger partial charge in [0.1, 0.15) is 6.61 Å². The SMILES string of the molecule is Cl.O=C(N[C@H]1CN[C@@H](CO)C1)OCc1ccccc1. The molecule has 1 heterocycles. The van der Waals surface area contributed by atoms with Crippen molar-refractivity contribution in [1.82, 2.24) is 10.6 Å². The topological polar surface area (TPSA) is 70.6 Å². The number of carbonyl (C=O) groups excluding carboxylic acids is 1. The molecule has 2 rings (SSSR count). The lowest BCUT2D eigenvalue weighted by molar-refractivity contribution is 0.136. The van der Waals surface area contributed by atoms with E-state index in [1.165, 1.54) is 0 Å². The van der Waals surface area contributed by atoms with Gasteiger partial charge in [0, 0.05) is 18.6 Å². The Hall–Kier alpha value is -1.30. The number of aliphatic hydroxyl groups excluding tert-OH is 1. The first-order chi connectivity index (χ1) is 8.78. The number of nitrogens with one attached hydrogen (secondary N) is 2. The van der Waals surface area contributed by atoms with E-state index in [0.717, 1.165) is 12.0 Å². The van der Waals surface area contributed by atoms with Gasteiger partial charge in [-0.25, -0.2) is 4.79 Å². The summed E-state index contributed by atoms with van der Waals surface area (Å²) in [4.78, 5) is 11.5. The van der Waals surface area contributed by atoms with Crippen molar-refractivity contribution in [3.63, 3.8) is 0 Å². The summed E-state index contributed by atoms with van der Waals surface area (Å²) in [6, 6.07) is 9.66. The van der Waals surface area contributed by atoms with Gasteiger partial charge in [-0.3, -0.25) is 0 Å². The van der Waals surface area contributed by atoms with E-state index >= 15 is 0 Å². The summed E-state index contributed by atoms with van der Waals surface area (Å²) >= 11 is 0. The summed E-state index contributed by atoms with van der Waals surface area (Å²) in [6.45, 7) is 1.04. The smallest absolute Gasteiger partial charge is 0.407 e. The van der Waals surface area contributed by atoms with Crippen LogP contribution in [0.4, 0.5) is 4.79 Å². The lowest BCUT2D eigenvalue weighted by Crippen LogP contribution is -2.36. The van der Waals surface area contributed by atoms with E-state index < -0.39 is 6.09 Å². The van der Waals surface area contributed by atoms with Crippen LogP contribution in [0.2, 0.25) is 0 Å². The zero-order valence-corrected chi connectivity index (χ0v) is 11.4. The normalized spacial score (nSPS) is 21.5. The second-order valence-electron chi connectivity index (χ2n) is 4.43. The minimum absolute atomic E-state index is 0. The highest BCUT2D eigenvalue weighted by molar-refractivity contribution is 5.85. The number of alkyl carbamates (subject to hydrolysis) is 1. The van der Waals surface area contributed by atoms with Crippen LogP contribution in [0.25, 0.3) is 0 Å². The van der Waals surface area contributed by atoms with Gasteiger partial charge in [0.15, 0.2) is 0 Å². The van der Waals surface area contributed by atoms with Gasteiger partial charge >= 0.3 is 6.09 Å². The lowest BCUT2D eigenvalue weighted by atomic mass is 10.2. The first kappa shape index (κ1) is 15.8. The third kappa shape index (κ3) is 5.06. The van der Waals surface area contributed by atoms with Gasteiger partial charge in [-0.15, -0.1) is 12.4 Å². The molecule has 5 nitrogen and oxygen atoms in total. The molecule has 1 aliphatic rings. The van der Waals surface area contributed by atoms with Crippen LogP contribution < -0.4 is 10.6 Å². The fraction of sp³-hybridized carbons (Fsp3) is 0.462. The van der Waals surface area contributed by atoms with Gasteiger partial charge in [-0.2, -0.15) is 0 Å². The summed E-state index contributed by atoms with van der Waals surface area (Å²) in [5, 5.41) is 14.9. The Morgan fingerprint density at radius 2 is 2.16 bits per heavy atom. The zero-order valence-electron chi connectivity index (χ0n) is 10.5. The van der Waals surface area contributed by atoms with Crippen molar-refractivity contribution in [1.29, 1.82) is 0 Å². The molecule has 0 aliphatic carbocycles. The average Bonchev–Trinajstić information content (AvgIpc) is 2.85. The van der Waals surface area contributed by atoms with Crippen LogP contribution in [-0.4, -0.2) is 36.4 Å². The summed E-state index contributed by atoms with van der Waals surface area (Å²) in [5.41, 5.74) is 0.963. The highest BCUT2D eigenvalue weighted by atomic mass is 35.5. The minimum atomic E-state index is -0.413. The Balaban J connectivity index is 0.00000180. The first-order valence-corrected chi connectivity index (χ1v) is 6.09. The third-order valence-corrected chi connectivity index (χ3v) is 2.98. The Bertz CT molecular complexity index is 389. The molecule has 106 valence electrons. The predicted octanol–water partition coefficient (Wildman–Crippen LogP) is 1.06. The third-order valence-electron chi connectivity index (χ3n) is 2.98. The van der Waals surface area contributed by atoms with E-state index in [9.17, 15) is 4.79 Å². The van der Waals surface area contributed by atoms with Crippen LogP contribution in [0.5, 0.6) is 0 Å². The van der Waals surface area contributed by atoms with Crippen molar-refractivity contribution < 1.29 is 14.6 Å². The van der Waals surface area contributed by atoms with Gasteiger partial charge in [-0.05, 0) is 12.0 Å². The fourth-order valence-electron chi connectivity index (χ4n) is 2.00. The molecule has 0 bridgehead atoms. The van der Waals surface area contributed by atoms with Crippen LogP contribution in [0.15, 0.2) is 30.3 Å². The number of hydrogen-bond donors (Lipinski definition) is 3. The molecule has 0 saturated carbocycles. The van der Waals surface area contributed by atoms with Crippen molar-refractivity contribution >= 4 is 18.5 Å². The molecular formula is C13H19ClN2O3. The van der Waals surface area contributed by atoms with Gasteiger partial charge in [-0.1, -0.05) is 30.3 Å². The van der Waals surface area contributed by atoms with E-state index in [0.29, 0.717) is 6.54 Å². The average molecular weight is 287 g/mol. The number of halogens is 1. The second kappa shape index (κ2) is 7.99. The summed E-state index contributed by atoms with van der Waals surface area (Å²) in [7, 11) is 0. The Morgan fingerprint density at radius 1 is 1.42 bits per heavy atom. The standard InChI is InChI=1S/C13H18N2O3.ClH/c16-8-12-6-11(7-14-12)15-13(17)18-9-10-4-2-1-3-5-10;/h1-5,11-12,14,16H,6-9H2,(H,15,17);1H/t11-,12-;/m1./s1. The largest absolute Gasteiger partial charge is 0.445 e. The van der Waals surface area contributed by atoms with Crippen LogP contribution in [0, 0.1) is 0 Å². The molecule has 0 unspecified atom stereocenters. The van der Waals surface area contributed by atoms with Crippen molar-refractivity contribution in [3.8, 4) is 0 Å². The van der Waals surface area contributed by atoms with Crippen molar-refractivity contribution in [2.45, 2.75) is 25.1 Å². The molecule has 1 aromatic rings. The van der Waals surface area contributed by atoms with Gasteiger partial charge in [0.2, 0.25) is 0 Å². The number of benzene rings is 1. The molecule has 0 radical (unpaired) electrons. The molecule has 19 heavy (non-hydrogen) atoms. The van der Waals surface area contributed by atoms with Gasteiger partial charge in [0.25, 0.3) is 0 Å². The molecule has 1 saturated heterocycles. The van der Waals surface area contributed by atoms with E-state index in [2.05, 4.69) is 10.6 Å². The first-order valence-electron chi connectivity index (χ1n) is 6.09. The molecule has 1 fully saturated rings. The lowest BCUT2D eigenvalue weighted by Gasteiger charge is -2.12. The predicted molar refractivity (Wildman–Crippen MR) is 74.3 cm³/mol. The number of ether oxygens (including phenoxy) is 1. The number of aliphatic hydroxyl groups is 1. The molecular weight excluding hydrogens is 268 g/mol. The maximum atomic E-state index is 11.5. The molecule has 2 atom stereocenters. The van der Waals surface area contributed by atoms with Crippen molar-refractivity contribution in [2.24, 2.45) is 0 Å². The summed E-state index contributed by atoms with van der Waals surface area (Å²) < 4.78 is 5.12. The van der Waals surface area contributed by atoms with Crippen LogP contribution >= 0.6 is 12.4 Å². The highest BCUT2D eigenvalue weighted by Gasteiger charge is 2.24. The second-order valence-corrected chi connectivity index (χ2v) is 4.43. The Labute approximate surface area is 118 Å². The monoisotopic (exact) mass is 286 g/mol. The van der Waals surface area contributed by atoms with E-state index in [4.69, 9.17) is 9.84 Å². The van der Waals surface area contributed by atoms with Crippen molar-refractivity contribution in [2.75, 3.05) is 13.2 Å². The summed E-state index contributed by atoms with van der Waals surface area (Å²) in [6.07, 6.45) is 0.320. The molecule has 6 heteroatoms. The minimum Gasteiger partial charge on any atom is -0.445 e. The number of rotatable bonds is 4. The quantitative estimate of drug-likeness (QED) is 0.774. The maximum Gasteiger partial charge on any atom is 0.407 e. The van der Waals surface area contributed by atoms with Crippen LogP contribution in [0.1, 0.15) is 12.0 Å². The Morgan fingerprint density at radius 3 is 2.79 bits per heavy atom. The van der Waals surface area contributed by atoms with Gasteiger partial charge in [0.05, 0.1) is 6.61 Å². The van der Waals surface area contributed by atoms with E-state index in [-0.39, 0.29) is 37.7 Å². The number of amides is 1. The molecule has 1 amide bonds. The van der Waals surface area contributed by atoms with Crippen molar-refractivity contribution in [3.05, 3.63) is 35.9 Å².